The molecule has 0 atom stereocenters. The van der Waals surface area contributed by atoms with E-state index in [4.69, 9.17) is 0 Å². The molecule has 0 aliphatic heterocycles. The highest BCUT2D eigenvalue weighted by molar-refractivity contribution is 5.07. The second-order valence-corrected chi connectivity index (χ2v) is 1.15. The van der Waals surface area contributed by atoms with Crippen molar-refractivity contribution in [3.63, 3.8) is 0 Å². The largest absolute Gasteiger partial charge is 0.333 e. The Labute approximate surface area is 57.6 Å². The molecule has 0 unspecified atom stereocenters. The first kappa shape index (κ1) is 11.0. The molecule has 0 aromatic heterocycles. The van der Waals surface area contributed by atoms with Crippen LogP contribution in [0.5, 0.6) is 0 Å². The monoisotopic (exact) mass is 125 g/mol. The molecule has 0 heterocycles. The summed E-state index contributed by atoms with van der Waals surface area (Å²) < 4.78 is 0. The van der Waals surface area contributed by atoms with Gasteiger partial charge in [0.15, 0.2) is 0 Å². The molecule has 0 aliphatic rings. The summed E-state index contributed by atoms with van der Waals surface area (Å²) >= 11 is 0. The first-order valence-corrected chi connectivity index (χ1v) is 2.90. The first-order chi connectivity index (χ1) is 4.41. The van der Waals surface area contributed by atoms with Gasteiger partial charge in [0.05, 0.1) is 0 Å². The van der Waals surface area contributed by atoms with Crippen LogP contribution >= 0.6 is 0 Å². The van der Waals surface area contributed by atoms with E-state index in [9.17, 15) is 0 Å². The summed E-state index contributed by atoms with van der Waals surface area (Å²) in [6.07, 6.45) is 9.51. The number of nitrogens with two attached hydrogens (primary N) is 1. The summed E-state index contributed by atoms with van der Waals surface area (Å²) in [5, 5.41) is 0. The normalized spacial score (nSPS) is 9.22. The maximum atomic E-state index is 4.50. The van der Waals surface area contributed by atoms with E-state index in [-0.39, 0.29) is 0 Å². The standard InChI is InChI=1S/C7H10.CH5N/c1-3-5-7-6-4-2;1-2/h3-7H,1H2,2H3;2H2,1H3/b6-4-,7-5-;. The molecule has 0 rings (SSSR count). The van der Waals surface area contributed by atoms with Crippen LogP contribution in [0.1, 0.15) is 6.92 Å². The minimum Gasteiger partial charge on any atom is -0.333 e. The molecule has 0 fully saturated rings. The molecular weight excluding hydrogens is 110 g/mol. The lowest BCUT2D eigenvalue weighted by Crippen LogP contribution is -1.69. The summed E-state index contributed by atoms with van der Waals surface area (Å²) in [5.74, 6) is 0. The molecule has 9 heavy (non-hydrogen) atoms. The van der Waals surface area contributed by atoms with Gasteiger partial charge in [-0.3, -0.25) is 0 Å². The van der Waals surface area contributed by atoms with Gasteiger partial charge in [0.2, 0.25) is 0 Å². The second-order valence-electron chi connectivity index (χ2n) is 1.15. The Bertz CT molecular complexity index is 90.7. The molecular formula is C8H15N. The van der Waals surface area contributed by atoms with Crippen molar-refractivity contribution in [1.29, 1.82) is 0 Å². The quantitative estimate of drug-likeness (QED) is 0.560. The van der Waals surface area contributed by atoms with Crippen molar-refractivity contribution in [3.05, 3.63) is 37.0 Å². The molecule has 0 aromatic carbocycles. The minimum absolute atomic E-state index is 1.50. The molecule has 0 radical (unpaired) electrons. The van der Waals surface area contributed by atoms with Crippen LogP contribution in [0, 0.1) is 0 Å². The maximum Gasteiger partial charge on any atom is -0.0195 e. The summed E-state index contributed by atoms with van der Waals surface area (Å²) in [5.41, 5.74) is 4.50. The van der Waals surface area contributed by atoms with E-state index in [1.54, 1.807) is 6.08 Å². The Morgan fingerprint density at radius 3 is 2.00 bits per heavy atom. The number of hydrogen-bond donors (Lipinski definition) is 1. The van der Waals surface area contributed by atoms with Gasteiger partial charge in [0, 0.05) is 0 Å². The van der Waals surface area contributed by atoms with E-state index in [1.807, 2.05) is 31.2 Å². The van der Waals surface area contributed by atoms with E-state index in [0.717, 1.165) is 0 Å². The highest BCUT2D eigenvalue weighted by atomic mass is 14.4. The molecule has 1 nitrogen and oxygen atoms in total. The van der Waals surface area contributed by atoms with E-state index >= 15 is 0 Å². The van der Waals surface area contributed by atoms with Crippen LogP contribution in [0.25, 0.3) is 0 Å². The Morgan fingerprint density at radius 1 is 1.11 bits per heavy atom. The molecule has 0 spiro atoms. The third kappa shape index (κ3) is 19.1. The molecule has 0 aliphatic carbocycles. The van der Waals surface area contributed by atoms with Crippen molar-refractivity contribution in [3.8, 4) is 0 Å². The Morgan fingerprint density at radius 2 is 1.67 bits per heavy atom. The lowest BCUT2D eigenvalue weighted by atomic mass is 10.4. The van der Waals surface area contributed by atoms with Gasteiger partial charge >= 0.3 is 0 Å². The fourth-order valence-electron chi connectivity index (χ4n) is 0.254. The smallest absolute Gasteiger partial charge is 0.0195 e. The molecule has 52 valence electrons. The zero-order valence-electron chi connectivity index (χ0n) is 6.17. The Kier molecular flexibility index (Phi) is 19.3. The third-order valence-corrected chi connectivity index (χ3v) is 0.551. The first-order valence-electron chi connectivity index (χ1n) is 2.90. The number of allylic oxidation sites excluding steroid dienone is 5. The van der Waals surface area contributed by atoms with Gasteiger partial charge in [0.1, 0.15) is 0 Å². The SMILES string of the molecule is C=C/C=C\C=C/C.CN. The van der Waals surface area contributed by atoms with E-state index in [0.29, 0.717) is 0 Å². The molecule has 2 N–H and O–H groups in total. The van der Waals surface area contributed by atoms with Crippen molar-refractivity contribution < 1.29 is 0 Å². The maximum absolute atomic E-state index is 4.50. The average Bonchev–Trinajstić information content (AvgIpc) is 1.94. The van der Waals surface area contributed by atoms with Crippen LogP contribution in [-0.2, 0) is 0 Å². The molecule has 0 bridgehead atoms. The fourth-order valence-corrected chi connectivity index (χ4v) is 0.254. The van der Waals surface area contributed by atoms with E-state index in [2.05, 4.69) is 12.3 Å². The van der Waals surface area contributed by atoms with Crippen molar-refractivity contribution >= 4 is 0 Å². The van der Waals surface area contributed by atoms with Crippen LogP contribution in [0.2, 0.25) is 0 Å². The van der Waals surface area contributed by atoms with Crippen molar-refractivity contribution in [1.82, 2.24) is 0 Å². The summed E-state index contributed by atoms with van der Waals surface area (Å²) in [6.45, 7) is 5.49. The van der Waals surface area contributed by atoms with Gasteiger partial charge in [-0.1, -0.05) is 37.0 Å². The van der Waals surface area contributed by atoms with Gasteiger partial charge in [-0.25, -0.2) is 0 Å². The topological polar surface area (TPSA) is 26.0 Å². The zero-order chi connectivity index (χ0) is 7.54. The van der Waals surface area contributed by atoms with Crippen molar-refractivity contribution in [2.24, 2.45) is 5.73 Å². The molecule has 0 aromatic rings. The van der Waals surface area contributed by atoms with Crippen molar-refractivity contribution in [2.75, 3.05) is 7.05 Å². The number of rotatable bonds is 2. The lowest BCUT2D eigenvalue weighted by Gasteiger charge is -1.65. The molecule has 0 amide bonds. The average molecular weight is 125 g/mol. The molecule has 0 saturated carbocycles. The summed E-state index contributed by atoms with van der Waals surface area (Å²) in [7, 11) is 1.50. The van der Waals surface area contributed by atoms with E-state index in [1.165, 1.54) is 7.05 Å². The third-order valence-electron chi connectivity index (χ3n) is 0.551. The van der Waals surface area contributed by atoms with Gasteiger partial charge in [-0.15, -0.1) is 0 Å². The van der Waals surface area contributed by atoms with Crippen LogP contribution in [0.3, 0.4) is 0 Å². The van der Waals surface area contributed by atoms with Gasteiger partial charge in [0.25, 0.3) is 0 Å². The zero-order valence-corrected chi connectivity index (χ0v) is 6.17. The second kappa shape index (κ2) is 15.7. The fraction of sp³-hybridized carbons (Fsp3) is 0.250. The van der Waals surface area contributed by atoms with Crippen LogP contribution < -0.4 is 5.73 Å². The van der Waals surface area contributed by atoms with Gasteiger partial charge < -0.3 is 5.73 Å². The van der Waals surface area contributed by atoms with E-state index < -0.39 is 0 Å². The minimum atomic E-state index is 1.50. The predicted octanol–water partition coefficient (Wildman–Crippen LogP) is 1.88. The molecule has 0 saturated heterocycles. The summed E-state index contributed by atoms with van der Waals surface area (Å²) in [4.78, 5) is 0. The Hall–Kier alpha value is -0.820. The highest BCUT2D eigenvalue weighted by Gasteiger charge is 1.52. The lowest BCUT2D eigenvalue weighted by molar-refractivity contribution is 1.48. The van der Waals surface area contributed by atoms with Crippen LogP contribution in [0.4, 0.5) is 0 Å². The Balaban J connectivity index is 0. The molecule has 1 heteroatoms. The van der Waals surface area contributed by atoms with Crippen molar-refractivity contribution in [2.45, 2.75) is 6.92 Å². The van der Waals surface area contributed by atoms with Crippen LogP contribution in [0.15, 0.2) is 37.0 Å². The predicted molar refractivity (Wildman–Crippen MR) is 44.3 cm³/mol. The van der Waals surface area contributed by atoms with Gasteiger partial charge in [-0.2, -0.15) is 0 Å². The summed E-state index contributed by atoms with van der Waals surface area (Å²) in [6, 6.07) is 0. The number of hydrogen-bond acceptors (Lipinski definition) is 1. The highest BCUT2D eigenvalue weighted by Crippen LogP contribution is 1.74. The van der Waals surface area contributed by atoms with Crippen LogP contribution in [-0.4, -0.2) is 7.05 Å². The van der Waals surface area contributed by atoms with Gasteiger partial charge in [-0.05, 0) is 14.0 Å².